The molecule has 1 atom stereocenters. The third-order valence-electron chi connectivity index (χ3n) is 2.63. The van der Waals surface area contributed by atoms with Gasteiger partial charge in [0.25, 0.3) is 0 Å². The molecule has 106 valence electrons. The summed E-state index contributed by atoms with van der Waals surface area (Å²) in [5, 5.41) is 12.3. The van der Waals surface area contributed by atoms with E-state index in [1.165, 1.54) is 12.0 Å². The van der Waals surface area contributed by atoms with Crippen LogP contribution in [0.3, 0.4) is 0 Å². The number of hydrogen-bond acceptors (Lipinski definition) is 4. The van der Waals surface area contributed by atoms with Crippen LogP contribution < -0.4 is 11.1 Å². The minimum absolute atomic E-state index is 0.197. The van der Waals surface area contributed by atoms with Crippen molar-refractivity contribution in [1.82, 2.24) is 4.90 Å². The lowest BCUT2D eigenvalue weighted by Crippen LogP contribution is -2.38. The van der Waals surface area contributed by atoms with Gasteiger partial charge in [-0.2, -0.15) is 0 Å². The first kappa shape index (κ1) is 15.4. The predicted octanol–water partition coefficient (Wildman–Crippen LogP) is 0.616. The van der Waals surface area contributed by atoms with Crippen molar-refractivity contribution in [2.75, 3.05) is 32.6 Å². The van der Waals surface area contributed by atoms with Crippen LogP contribution in [0.15, 0.2) is 24.3 Å². The second kappa shape index (κ2) is 7.73. The monoisotopic (exact) mass is 267 g/mol. The highest BCUT2D eigenvalue weighted by Crippen LogP contribution is 2.09. The van der Waals surface area contributed by atoms with E-state index in [9.17, 15) is 9.90 Å². The number of amides is 2. The number of nitrogens with two attached hydrogens (primary N) is 1. The quantitative estimate of drug-likeness (QED) is 0.705. The van der Waals surface area contributed by atoms with E-state index in [2.05, 4.69) is 5.32 Å². The summed E-state index contributed by atoms with van der Waals surface area (Å²) in [7, 11) is 3.12. The van der Waals surface area contributed by atoms with Crippen LogP contribution >= 0.6 is 0 Å². The molecule has 0 fully saturated rings. The number of methoxy groups -OCH3 is 1. The van der Waals surface area contributed by atoms with Gasteiger partial charge in [0.05, 0.1) is 19.3 Å². The average molecular weight is 267 g/mol. The number of benzene rings is 1. The highest BCUT2D eigenvalue weighted by Gasteiger charge is 2.13. The summed E-state index contributed by atoms with van der Waals surface area (Å²) in [4.78, 5) is 13.2. The molecule has 0 saturated heterocycles. The zero-order valence-corrected chi connectivity index (χ0v) is 11.3. The van der Waals surface area contributed by atoms with Crippen LogP contribution in [0.25, 0.3) is 0 Å². The Bertz CT molecular complexity index is 395. The van der Waals surface area contributed by atoms with Crippen LogP contribution in [0, 0.1) is 0 Å². The number of aliphatic hydroxyl groups excluding tert-OH is 1. The summed E-state index contributed by atoms with van der Waals surface area (Å²) in [6.45, 7) is 0.876. The Morgan fingerprint density at radius 2 is 2.11 bits per heavy atom. The van der Waals surface area contributed by atoms with Crippen LogP contribution in [-0.2, 0) is 11.3 Å². The molecule has 1 unspecified atom stereocenters. The molecule has 0 heterocycles. The van der Waals surface area contributed by atoms with Gasteiger partial charge in [0.1, 0.15) is 0 Å². The van der Waals surface area contributed by atoms with Gasteiger partial charge in [-0.25, -0.2) is 4.79 Å². The number of aliphatic hydroxyl groups is 1. The molecular weight excluding hydrogens is 246 g/mol. The number of carbonyl (C=O) groups excluding carboxylic acids is 1. The van der Waals surface area contributed by atoms with E-state index in [0.29, 0.717) is 12.2 Å². The van der Waals surface area contributed by atoms with Gasteiger partial charge in [-0.3, -0.25) is 0 Å². The zero-order valence-electron chi connectivity index (χ0n) is 11.3. The molecule has 0 spiro atoms. The molecule has 0 aliphatic carbocycles. The van der Waals surface area contributed by atoms with Crippen LogP contribution in [0.5, 0.6) is 0 Å². The number of ether oxygens (including phenoxy) is 1. The summed E-state index contributed by atoms with van der Waals surface area (Å²) in [5.74, 6) is 0. The Balaban J connectivity index is 2.48. The first-order chi connectivity index (χ1) is 9.06. The van der Waals surface area contributed by atoms with Crippen molar-refractivity contribution < 1.29 is 14.6 Å². The lowest BCUT2D eigenvalue weighted by atomic mass is 10.2. The topological polar surface area (TPSA) is 87.8 Å². The van der Waals surface area contributed by atoms with Crippen molar-refractivity contribution in [3.05, 3.63) is 29.8 Å². The summed E-state index contributed by atoms with van der Waals surface area (Å²) < 4.78 is 4.81. The van der Waals surface area contributed by atoms with Crippen LogP contribution in [0.1, 0.15) is 5.56 Å². The third-order valence-corrected chi connectivity index (χ3v) is 2.63. The van der Waals surface area contributed by atoms with Crippen molar-refractivity contribution in [1.29, 1.82) is 0 Å². The van der Waals surface area contributed by atoms with E-state index in [1.807, 2.05) is 12.1 Å². The van der Waals surface area contributed by atoms with Gasteiger partial charge in [-0.15, -0.1) is 0 Å². The van der Waals surface area contributed by atoms with Crippen molar-refractivity contribution in [2.45, 2.75) is 12.6 Å². The van der Waals surface area contributed by atoms with E-state index < -0.39 is 6.10 Å². The first-order valence-electron chi connectivity index (χ1n) is 6.05. The second-order valence-corrected chi connectivity index (χ2v) is 4.32. The molecule has 19 heavy (non-hydrogen) atoms. The number of likely N-dealkylation sites (N-methyl/N-ethyl adjacent to an activating group) is 1. The zero-order chi connectivity index (χ0) is 14.3. The lowest BCUT2D eigenvalue weighted by molar-refractivity contribution is 0.0501. The fourth-order valence-corrected chi connectivity index (χ4v) is 1.59. The van der Waals surface area contributed by atoms with E-state index in [-0.39, 0.29) is 19.2 Å². The van der Waals surface area contributed by atoms with Gasteiger partial charge >= 0.3 is 6.03 Å². The van der Waals surface area contributed by atoms with Gasteiger partial charge in [-0.05, 0) is 17.7 Å². The summed E-state index contributed by atoms with van der Waals surface area (Å²) in [6.07, 6.45) is -0.694. The fourth-order valence-electron chi connectivity index (χ4n) is 1.59. The van der Waals surface area contributed by atoms with Gasteiger partial charge in [0.15, 0.2) is 0 Å². The highest BCUT2D eigenvalue weighted by atomic mass is 16.5. The van der Waals surface area contributed by atoms with E-state index in [4.69, 9.17) is 10.5 Å². The smallest absolute Gasteiger partial charge is 0.321 e. The average Bonchev–Trinajstić information content (AvgIpc) is 2.39. The van der Waals surface area contributed by atoms with Gasteiger partial charge in [0, 0.05) is 26.4 Å². The third kappa shape index (κ3) is 5.25. The number of nitrogens with zero attached hydrogens (tertiary/aromatic N) is 1. The predicted molar refractivity (Wildman–Crippen MR) is 73.9 cm³/mol. The van der Waals surface area contributed by atoms with Crippen LogP contribution in [-0.4, -0.2) is 49.5 Å². The molecule has 1 aromatic rings. The van der Waals surface area contributed by atoms with Crippen LogP contribution in [0.4, 0.5) is 10.5 Å². The van der Waals surface area contributed by atoms with Gasteiger partial charge in [-0.1, -0.05) is 12.1 Å². The Morgan fingerprint density at radius 3 is 2.63 bits per heavy atom. The summed E-state index contributed by atoms with van der Waals surface area (Å²) >= 11 is 0. The molecular formula is C13H21N3O3. The summed E-state index contributed by atoms with van der Waals surface area (Å²) in [5.41, 5.74) is 7.19. The Kier molecular flexibility index (Phi) is 6.27. The van der Waals surface area contributed by atoms with Crippen molar-refractivity contribution in [3.63, 3.8) is 0 Å². The molecule has 2 amide bonds. The van der Waals surface area contributed by atoms with Crippen molar-refractivity contribution in [2.24, 2.45) is 5.73 Å². The van der Waals surface area contributed by atoms with Gasteiger partial charge < -0.3 is 25.8 Å². The van der Waals surface area contributed by atoms with Gasteiger partial charge in [0.2, 0.25) is 0 Å². The molecule has 1 aromatic carbocycles. The fraction of sp³-hybridized carbons (Fsp3) is 0.462. The van der Waals surface area contributed by atoms with Crippen LogP contribution in [0.2, 0.25) is 0 Å². The minimum atomic E-state index is -0.694. The molecule has 6 heteroatoms. The van der Waals surface area contributed by atoms with Crippen molar-refractivity contribution in [3.8, 4) is 0 Å². The van der Waals surface area contributed by atoms with Crippen molar-refractivity contribution >= 4 is 11.7 Å². The second-order valence-electron chi connectivity index (χ2n) is 4.32. The van der Waals surface area contributed by atoms with E-state index in [1.54, 1.807) is 19.2 Å². The molecule has 0 aliphatic rings. The Labute approximate surface area is 113 Å². The first-order valence-corrected chi connectivity index (χ1v) is 6.05. The lowest BCUT2D eigenvalue weighted by Gasteiger charge is -2.21. The number of nitrogens with one attached hydrogen (secondary N) is 1. The molecule has 0 radical (unpaired) electrons. The molecule has 0 aliphatic heterocycles. The summed E-state index contributed by atoms with van der Waals surface area (Å²) in [6, 6.07) is 7.01. The Morgan fingerprint density at radius 1 is 1.47 bits per heavy atom. The SMILES string of the molecule is COCC(O)CN(C)C(=O)Nc1ccc(CN)cc1. The number of carbonyl (C=O) groups is 1. The molecule has 0 saturated carbocycles. The maximum atomic E-state index is 11.8. The Hall–Kier alpha value is -1.63. The number of urea groups is 1. The number of anilines is 1. The van der Waals surface area contributed by atoms with E-state index >= 15 is 0 Å². The highest BCUT2D eigenvalue weighted by molar-refractivity contribution is 5.89. The molecule has 0 aromatic heterocycles. The molecule has 1 rings (SSSR count). The largest absolute Gasteiger partial charge is 0.389 e. The minimum Gasteiger partial charge on any atom is -0.389 e. The maximum absolute atomic E-state index is 11.8. The molecule has 4 N–H and O–H groups in total. The van der Waals surface area contributed by atoms with E-state index in [0.717, 1.165) is 5.56 Å². The maximum Gasteiger partial charge on any atom is 0.321 e. The molecule has 0 bridgehead atoms. The normalized spacial score (nSPS) is 12.0. The number of hydrogen-bond donors (Lipinski definition) is 3. The standard InChI is InChI=1S/C13H21N3O3/c1-16(8-12(17)9-19-2)13(18)15-11-5-3-10(7-14)4-6-11/h3-6,12,17H,7-9,14H2,1-2H3,(H,15,18). The molecule has 6 nitrogen and oxygen atoms in total. The number of rotatable bonds is 6.